The molecule has 1 aromatic heterocycles. The van der Waals surface area contributed by atoms with E-state index in [2.05, 4.69) is 18.8 Å². The predicted molar refractivity (Wildman–Crippen MR) is 74.3 cm³/mol. The molecule has 4 heteroatoms. The largest absolute Gasteiger partial charge is 0.375 e. The summed E-state index contributed by atoms with van der Waals surface area (Å²) in [5.74, 6) is 0. The van der Waals surface area contributed by atoms with E-state index in [0.29, 0.717) is 5.13 Å². The summed E-state index contributed by atoms with van der Waals surface area (Å²) in [7, 11) is 0. The maximum atomic E-state index is 6.23. The van der Waals surface area contributed by atoms with Crippen LogP contribution < -0.4 is 11.5 Å². The number of hydrogen-bond donors (Lipinski definition) is 2. The van der Waals surface area contributed by atoms with Gasteiger partial charge in [-0.2, -0.15) is 0 Å². The summed E-state index contributed by atoms with van der Waals surface area (Å²) in [5.41, 5.74) is 13.6. The average Bonchev–Trinajstić information content (AvgIpc) is 2.60. The van der Waals surface area contributed by atoms with E-state index in [1.54, 1.807) is 11.3 Å². The molecule has 2 rings (SSSR count). The standard InChI is InChI=1S/C13H23N3S/c1-3-5-13(6-4-2)8-9(14)7-10-11(13)16-12(15)17-10/h9H,3-8,14H2,1-2H3,(H2,15,16). The van der Waals surface area contributed by atoms with E-state index in [4.69, 9.17) is 11.5 Å². The van der Waals surface area contributed by atoms with Crippen LogP contribution in [0.4, 0.5) is 5.13 Å². The lowest BCUT2D eigenvalue weighted by Gasteiger charge is -2.39. The smallest absolute Gasteiger partial charge is 0.180 e. The van der Waals surface area contributed by atoms with E-state index < -0.39 is 0 Å². The SMILES string of the molecule is CCCC1(CCC)CC(N)Cc2sc(N)nc21. The molecule has 96 valence electrons. The molecule has 0 radical (unpaired) electrons. The number of aromatic nitrogens is 1. The zero-order chi connectivity index (χ0) is 12.5. The maximum absolute atomic E-state index is 6.23. The fraction of sp³-hybridized carbons (Fsp3) is 0.769. The lowest BCUT2D eigenvalue weighted by atomic mass is 9.68. The molecule has 17 heavy (non-hydrogen) atoms. The molecule has 1 heterocycles. The van der Waals surface area contributed by atoms with Crippen molar-refractivity contribution in [3.8, 4) is 0 Å². The van der Waals surface area contributed by atoms with Crippen molar-refractivity contribution in [2.75, 3.05) is 5.73 Å². The first-order chi connectivity index (χ1) is 8.11. The van der Waals surface area contributed by atoms with Crippen LogP contribution in [-0.2, 0) is 11.8 Å². The average molecular weight is 253 g/mol. The van der Waals surface area contributed by atoms with Crippen LogP contribution in [0.25, 0.3) is 0 Å². The van der Waals surface area contributed by atoms with Gasteiger partial charge in [0.25, 0.3) is 0 Å². The number of rotatable bonds is 4. The minimum absolute atomic E-state index is 0.199. The van der Waals surface area contributed by atoms with Crippen molar-refractivity contribution < 1.29 is 0 Å². The molecule has 0 bridgehead atoms. The van der Waals surface area contributed by atoms with Gasteiger partial charge in [-0.25, -0.2) is 4.98 Å². The van der Waals surface area contributed by atoms with Crippen molar-refractivity contribution >= 4 is 16.5 Å². The Morgan fingerprint density at radius 3 is 2.59 bits per heavy atom. The van der Waals surface area contributed by atoms with E-state index in [1.165, 1.54) is 36.3 Å². The number of thiazole rings is 1. The van der Waals surface area contributed by atoms with Crippen LogP contribution in [0.5, 0.6) is 0 Å². The molecule has 0 spiro atoms. The summed E-state index contributed by atoms with van der Waals surface area (Å²) in [6.45, 7) is 4.49. The molecule has 0 saturated carbocycles. The summed E-state index contributed by atoms with van der Waals surface area (Å²) in [6.07, 6.45) is 6.77. The van der Waals surface area contributed by atoms with Gasteiger partial charge in [0.05, 0.1) is 5.69 Å². The Morgan fingerprint density at radius 2 is 2.00 bits per heavy atom. The molecule has 1 atom stereocenters. The van der Waals surface area contributed by atoms with Crippen LogP contribution >= 0.6 is 11.3 Å². The van der Waals surface area contributed by atoms with Gasteiger partial charge in [-0.1, -0.05) is 26.7 Å². The molecule has 1 aliphatic rings. The molecule has 0 amide bonds. The first-order valence-electron chi connectivity index (χ1n) is 6.62. The van der Waals surface area contributed by atoms with Crippen LogP contribution in [0.2, 0.25) is 0 Å². The Morgan fingerprint density at radius 1 is 1.35 bits per heavy atom. The minimum Gasteiger partial charge on any atom is -0.375 e. The van der Waals surface area contributed by atoms with Crippen molar-refractivity contribution in [3.05, 3.63) is 10.6 Å². The highest BCUT2D eigenvalue weighted by Crippen LogP contribution is 2.45. The third-order valence-corrected chi connectivity index (χ3v) is 4.68. The molecule has 0 saturated heterocycles. The number of fused-ring (bicyclic) bond motifs is 1. The van der Waals surface area contributed by atoms with Gasteiger partial charge < -0.3 is 11.5 Å². The van der Waals surface area contributed by atoms with Crippen LogP contribution in [0.15, 0.2) is 0 Å². The number of nitrogens with zero attached hydrogens (tertiary/aromatic N) is 1. The molecular weight excluding hydrogens is 230 g/mol. The van der Waals surface area contributed by atoms with Crippen LogP contribution in [0, 0.1) is 0 Å². The molecule has 1 aromatic rings. The molecular formula is C13H23N3S. The number of nitrogen functional groups attached to an aromatic ring is 1. The zero-order valence-corrected chi connectivity index (χ0v) is 11.6. The molecule has 0 aliphatic heterocycles. The summed E-state index contributed by atoms with van der Waals surface area (Å²) in [4.78, 5) is 5.95. The van der Waals surface area contributed by atoms with Gasteiger partial charge in [0, 0.05) is 16.3 Å². The number of nitrogens with two attached hydrogens (primary N) is 2. The lowest BCUT2D eigenvalue weighted by molar-refractivity contribution is 0.279. The Balaban J connectivity index is 2.43. The van der Waals surface area contributed by atoms with E-state index in [0.717, 1.165) is 12.8 Å². The Hall–Kier alpha value is -0.610. The van der Waals surface area contributed by atoms with Gasteiger partial charge in [0.1, 0.15) is 0 Å². The van der Waals surface area contributed by atoms with Gasteiger partial charge in [-0.05, 0) is 25.7 Å². The maximum Gasteiger partial charge on any atom is 0.180 e. The van der Waals surface area contributed by atoms with Gasteiger partial charge in [0.2, 0.25) is 0 Å². The van der Waals surface area contributed by atoms with E-state index in [9.17, 15) is 0 Å². The van der Waals surface area contributed by atoms with Crippen LogP contribution in [0.3, 0.4) is 0 Å². The second-order valence-electron chi connectivity index (χ2n) is 5.27. The molecule has 3 nitrogen and oxygen atoms in total. The molecule has 1 aliphatic carbocycles. The molecule has 0 fully saturated rings. The first kappa shape index (κ1) is 12.8. The fourth-order valence-electron chi connectivity index (χ4n) is 3.35. The second-order valence-corrected chi connectivity index (χ2v) is 6.39. The molecule has 0 aromatic carbocycles. The van der Waals surface area contributed by atoms with Gasteiger partial charge in [-0.3, -0.25) is 0 Å². The topological polar surface area (TPSA) is 64.9 Å². The third-order valence-electron chi connectivity index (χ3n) is 3.77. The summed E-state index contributed by atoms with van der Waals surface area (Å²) < 4.78 is 0. The van der Waals surface area contributed by atoms with Gasteiger partial charge in [0.15, 0.2) is 5.13 Å². The van der Waals surface area contributed by atoms with Crippen molar-refractivity contribution in [1.29, 1.82) is 0 Å². The van der Waals surface area contributed by atoms with E-state index >= 15 is 0 Å². The summed E-state index contributed by atoms with van der Waals surface area (Å²) in [6, 6.07) is 0.278. The van der Waals surface area contributed by atoms with E-state index in [1.807, 2.05) is 0 Å². The lowest BCUT2D eigenvalue weighted by Crippen LogP contribution is -2.41. The van der Waals surface area contributed by atoms with Gasteiger partial charge in [-0.15, -0.1) is 11.3 Å². The Bertz CT molecular complexity index is 380. The number of hydrogen-bond acceptors (Lipinski definition) is 4. The third kappa shape index (κ3) is 2.33. The predicted octanol–water partition coefficient (Wildman–Crippen LogP) is 2.84. The first-order valence-corrected chi connectivity index (χ1v) is 7.44. The summed E-state index contributed by atoms with van der Waals surface area (Å²) >= 11 is 1.63. The molecule has 4 N–H and O–H groups in total. The van der Waals surface area contributed by atoms with Crippen molar-refractivity contribution in [2.45, 2.75) is 63.8 Å². The second kappa shape index (κ2) is 4.94. The normalized spacial score (nSPS) is 22.4. The van der Waals surface area contributed by atoms with Crippen LogP contribution in [0.1, 0.15) is 56.5 Å². The quantitative estimate of drug-likeness (QED) is 0.867. The van der Waals surface area contributed by atoms with Gasteiger partial charge >= 0.3 is 0 Å². The molecule has 1 unspecified atom stereocenters. The van der Waals surface area contributed by atoms with E-state index in [-0.39, 0.29) is 11.5 Å². The summed E-state index contributed by atoms with van der Waals surface area (Å²) in [5, 5.41) is 0.709. The fourth-order valence-corrected chi connectivity index (χ4v) is 4.40. The highest BCUT2D eigenvalue weighted by molar-refractivity contribution is 7.15. The van der Waals surface area contributed by atoms with Crippen molar-refractivity contribution in [1.82, 2.24) is 4.98 Å². The Labute approximate surface area is 108 Å². The monoisotopic (exact) mass is 253 g/mol. The highest BCUT2D eigenvalue weighted by Gasteiger charge is 2.40. The highest BCUT2D eigenvalue weighted by atomic mass is 32.1. The van der Waals surface area contributed by atoms with Crippen LogP contribution in [-0.4, -0.2) is 11.0 Å². The van der Waals surface area contributed by atoms with Crippen molar-refractivity contribution in [3.63, 3.8) is 0 Å². The number of anilines is 1. The Kier molecular flexibility index (Phi) is 3.73. The van der Waals surface area contributed by atoms with Crippen molar-refractivity contribution in [2.24, 2.45) is 5.73 Å². The minimum atomic E-state index is 0.199. The zero-order valence-electron chi connectivity index (χ0n) is 10.8.